The number of ether oxygens (including phenoxy) is 1. The third kappa shape index (κ3) is 1.48. The largest absolute Gasteiger partial charge is 0.505 e. The Morgan fingerprint density at radius 3 is 2.79 bits per heavy atom. The molecule has 0 aliphatic carbocycles. The maximum Gasteiger partial charge on any atom is 0.341 e. The van der Waals surface area contributed by atoms with E-state index >= 15 is 0 Å². The van der Waals surface area contributed by atoms with Crippen LogP contribution in [0.3, 0.4) is 0 Å². The van der Waals surface area contributed by atoms with Crippen LogP contribution in [0.5, 0.6) is 5.75 Å². The summed E-state index contributed by atoms with van der Waals surface area (Å²) in [7, 11) is 1.22. The smallest absolute Gasteiger partial charge is 0.341 e. The van der Waals surface area contributed by atoms with Crippen molar-refractivity contribution in [3.05, 3.63) is 23.3 Å². The van der Waals surface area contributed by atoms with Crippen molar-refractivity contribution in [3.8, 4) is 18.1 Å². The number of rotatable bonds is 1. The lowest BCUT2D eigenvalue weighted by Crippen LogP contribution is -2.04. The van der Waals surface area contributed by atoms with Crippen LogP contribution in [0.1, 0.15) is 15.9 Å². The van der Waals surface area contributed by atoms with E-state index in [1.165, 1.54) is 19.2 Å². The summed E-state index contributed by atoms with van der Waals surface area (Å²) in [5.74, 6) is 1.29. The van der Waals surface area contributed by atoms with Crippen LogP contribution in [0, 0.1) is 12.3 Å². The Hall–Kier alpha value is -2.15. The van der Waals surface area contributed by atoms with Crippen molar-refractivity contribution in [3.63, 3.8) is 0 Å². The van der Waals surface area contributed by atoms with E-state index < -0.39 is 5.97 Å². The standard InChI is InChI=1S/C10H9NO3/c1-3-6-4-5-7(10(13)14-2)9(12)8(6)11/h1,4-5,12H,11H2,2H3. The number of methoxy groups -OCH3 is 1. The number of carbonyl (C=O) groups excluding carboxylic acids is 1. The van der Waals surface area contributed by atoms with E-state index in [-0.39, 0.29) is 17.0 Å². The molecule has 1 aromatic carbocycles. The molecule has 1 aromatic rings. The van der Waals surface area contributed by atoms with Gasteiger partial charge in [0, 0.05) is 0 Å². The molecule has 0 saturated heterocycles. The summed E-state index contributed by atoms with van der Waals surface area (Å²) < 4.78 is 4.44. The first-order valence-corrected chi connectivity index (χ1v) is 3.78. The molecule has 4 heteroatoms. The van der Waals surface area contributed by atoms with Crippen molar-refractivity contribution in [2.24, 2.45) is 0 Å². The monoisotopic (exact) mass is 191 g/mol. The highest BCUT2D eigenvalue weighted by Crippen LogP contribution is 2.28. The van der Waals surface area contributed by atoms with E-state index in [1.54, 1.807) is 0 Å². The van der Waals surface area contributed by atoms with Gasteiger partial charge in [-0.3, -0.25) is 0 Å². The number of nitrogens with two attached hydrogens (primary N) is 1. The molecule has 0 heterocycles. The Kier molecular flexibility index (Phi) is 2.63. The van der Waals surface area contributed by atoms with Gasteiger partial charge in [-0.25, -0.2) is 4.79 Å². The van der Waals surface area contributed by atoms with Gasteiger partial charge in [-0.1, -0.05) is 5.92 Å². The number of hydrogen-bond acceptors (Lipinski definition) is 4. The first kappa shape index (κ1) is 9.93. The minimum absolute atomic E-state index is 0.00370. The van der Waals surface area contributed by atoms with Crippen LogP contribution in [-0.2, 0) is 4.74 Å². The van der Waals surface area contributed by atoms with Gasteiger partial charge in [0.1, 0.15) is 5.56 Å². The Morgan fingerprint density at radius 2 is 2.29 bits per heavy atom. The van der Waals surface area contributed by atoms with Crippen molar-refractivity contribution in [1.82, 2.24) is 0 Å². The van der Waals surface area contributed by atoms with E-state index in [9.17, 15) is 9.90 Å². The quantitative estimate of drug-likeness (QED) is 0.297. The third-order valence-corrected chi connectivity index (χ3v) is 1.78. The van der Waals surface area contributed by atoms with Crippen LogP contribution in [0.15, 0.2) is 12.1 Å². The molecule has 0 bridgehead atoms. The van der Waals surface area contributed by atoms with Crippen LogP contribution in [0.4, 0.5) is 5.69 Å². The van der Waals surface area contributed by atoms with Gasteiger partial charge >= 0.3 is 5.97 Å². The normalized spacial score (nSPS) is 9.14. The highest BCUT2D eigenvalue weighted by atomic mass is 16.5. The molecule has 0 aromatic heterocycles. The predicted molar refractivity (Wildman–Crippen MR) is 51.8 cm³/mol. The number of phenols is 1. The number of esters is 1. The summed E-state index contributed by atoms with van der Waals surface area (Å²) in [6.07, 6.45) is 5.12. The van der Waals surface area contributed by atoms with E-state index in [0.717, 1.165) is 0 Å². The van der Waals surface area contributed by atoms with Crippen LogP contribution in [-0.4, -0.2) is 18.2 Å². The highest BCUT2D eigenvalue weighted by molar-refractivity contribution is 5.95. The van der Waals surface area contributed by atoms with Crippen LogP contribution >= 0.6 is 0 Å². The number of nitrogen functional groups attached to an aromatic ring is 1. The molecule has 0 saturated carbocycles. The van der Waals surface area contributed by atoms with Crippen LogP contribution < -0.4 is 5.73 Å². The minimum Gasteiger partial charge on any atom is -0.505 e. The Balaban J connectivity index is 3.33. The summed E-state index contributed by atoms with van der Waals surface area (Å²) in [4.78, 5) is 11.1. The second kappa shape index (κ2) is 3.71. The Labute approximate surface area is 81.3 Å². The van der Waals surface area contributed by atoms with Gasteiger partial charge in [-0.2, -0.15) is 0 Å². The number of terminal acetylenes is 1. The van der Waals surface area contributed by atoms with E-state index in [2.05, 4.69) is 10.7 Å². The summed E-state index contributed by atoms with van der Waals surface area (Å²) in [5, 5.41) is 9.49. The zero-order valence-corrected chi connectivity index (χ0v) is 7.57. The first-order chi connectivity index (χ1) is 6.61. The number of aromatic hydroxyl groups is 1. The fourth-order valence-electron chi connectivity index (χ4n) is 1.01. The molecule has 0 radical (unpaired) electrons. The molecule has 0 fully saturated rings. The fourth-order valence-corrected chi connectivity index (χ4v) is 1.01. The predicted octanol–water partition coefficient (Wildman–Crippen LogP) is 0.742. The van der Waals surface area contributed by atoms with Crippen LogP contribution in [0.2, 0.25) is 0 Å². The molecule has 0 aliphatic rings. The van der Waals surface area contributed by atoms with Crippen molar-refractivity contribution < 1.29 is 14.6 Å². The second-order valence-electron chi connectivity index (χ2n) is 2.56. The Morgan fingerprint density at radius 1 is 1.64 bits per heavy atom. The van der Waals surface area contributed by atoms with Gasteiger partial charge in [0.25, 0.3) is 0 Å². The van der Waals surface area contributed by atoms with E-state index in [4.69, 9.17) is 12.2 Å². The SMILES string of the molecule is C#Cc1ccc(C(=O)OC)c(O)c1N. The molecular formula is C10H9NO3. The lowest BCUT2D eigenvalue weighted by molar-refractivity contribution is 0.0597. The van der Waals surface area contributed by atoms with Crippen LogP contribution in [0.25, 0.3) is 0 Å². The molecule has 3 N–H and O–H groups in total. The maximum atomic E-state index is 11.1. The molecule has 4 nitrogen and oxygen atoms in total. The molecule has 0 unspecified atom stereocenters. The third-order valence-electron chi connectivity index (χ3n) is 1.78. The average Bonchev–Trinajstić information content (AvgIpc) is 2.21. The fraction of sp³-hybridized carbons (Fsp3) is 0.100. The Bertz CT molecular complexity index is 418. The van der Waals surface area contributed by atoms with Gasteiger partial charge in [0.2, 0.25) is 0 Å². The summed E-state index contributed by atoms with van der Waals surface area (Å²) >= 11 is 0. The molecule has 14 heavy (non-hydrogen) atoms. The molecule has 0 amide bonds. The average molecular weight is 191 g/mol. The molecule has 0 aliphatic heterocycles. The first-order valence-electron chi connectivity index (χ1n) is 3.78. The number of anilines is 1. The van der Waals surface area contributed by atoms with Crippen molar-refractivity contribution in [2.75, 3.05) is 12.8 Å². The number of hydrogen-bond donors (Lipinski definition) is 2. The number of carbonyl (C=O) groups is 1. The summed E-state index contributed by atoms with van der Waals surface area (Å²) in [6, 6.07) is 2.84. The zero-order chi connectivity index (χ0) is 10.7. The molecule has 1 rings (SSSR count). The van der Waals surface area contributed by atoms with Gasteiger partial charge in [0.05, 0.1) is 18.4 Å². The maximum absolute atomic E-state index is 11.1. The van der Waals surface area contributed by atoms with Gasteiger partial charge in [-0.05, 0) is 12.1 Å². The van der Waals surface area contributed by atoms with Gasteiger partial charge in [0.15, 0.2) is 5.75 Å². The zero-order valence-electron chi connectivity index (χ0n) is 7.57. The van der Waals surface area contributed by atoms with E-state index in [0.29, 0.717) is 5.56 Å². The molecule has 0 atom stereocenters. The van der Waals surface area contributed by atoms with Crippen molar-refractivity contribution in [2.45, 2.75) is 0 Å². The summed E-state index contributed by atoms with van der Waals surface area (Å²) in [6.45, 7) is 0. The lowest BCUT2D eigenvalue weighted by atomic mass is 10.1. The second-order valence-corrected chi connectivity index (χ2v) is 2.56. The van der Waals surface area contributed by atoms with Gasteiger partial charge in [-0.15, -0.1) is 6.42 Å². The lowest BCUT2D eigenvalue weighted by Gasteiger charge is -2.06. The molecule has 0 spiro atoms. The molecule has 72 valence electrons. The van der Waals surface area contributed by atoms with Crippen molar-refractivity contribution >= 4 is 11.7 Å². The van der Waals surface area contributed by atoms with Gasteiger partial charge < -0.3 is 15.6 Å². The topological polar surface area (TPSA) is 72.5 Å². The molecular weight excluding hydrogens is 182 g/mol. The number of phenolic OH excluding ortho intramolecular Hbond substituents is 1. The summed E-state index contributed by atoms with van der Waals surface area (Å²) in [5.41, 5.74) is 5.84. The minimum atomic E-state index is -0.655. The highest BCUT2D eigenvalue weighted by Gasteiger charge is 2.15. The van der Waals surface area contributed by atoms with E-state index in [1.807, 2.05) is 0 Å². The van der Waals surface area contributed by atoms with Crippen molar-refractivity contribution in [1.29, 1.82) is 0 Å². The number of benzene rings is 1.